The molecule has 1 heterocycles. The quantitative estimate of drug-likeness (QED) is 0.691. The normalized spacial score (nSPS) is 22.9. The molecule has 0 aromatic heterocycles. The fourth-order valence-electron chi connectivity index (χ4n) is 1.85. The number of nitrogens with one attached hydrogen (secondary N) is 1. The van der Waals surface area contributed by atoms with E-state index < -0.39 is 0 Å². The van der Waals surface area contributed by atoms with E-state index in [4.69, 9.17) is 9.47 Å². The van der Waals surface area contributed by atoms with Crippen molar-refractivity contribution in [3.63, 3.8) is 0 Å². The van der Waals surface area contributed by atoms with Gasteiger partial charge in [-0.15, -0.1) is 0 Å². The predicted octanol–water partition coefficient (Wildman–Crippen LogP) is 2.06. The summed E-state index contributed by atoms with van der Waals surface area (Å²) >= 11 is 0. The molecule has 1 rings (SSSR count). The van der Waals surface area contributed by atoms with Crippen molar-refractivity contribution in [2.45, 2.75) is 39.7 Å². The zero-order valence-electron chi connectivity index (χ0n) is 11.0. The average Bonchev–Trinajstić information content (AvgIpc) is 2.70. The first kappa shape index (κ1) is 13.9. The minimum Gasteiger partial charge on any atom is -0.378 e. The smallest absolute Gasteiger partial charge is 0.0809 e. The Hall–Kier alpha value is -0.120. The van der Waals surface area contributed by atoms with E-state index in [-0.39, 0.29) is 0 Å². The van der Waals surface area contributed by atoms with E-state index in [0.717, 1.165) is 38.8 Å². The standard InChI is InChI=1S/C13H27NO2/c1-11(2)7-14-8-12(3)9-15-10-13-5-4-6-16-13/h11-14H,4-10H2,1-3H3. The third-order valence-corrected chi connectivity index (χ3v) is 2.78. The second kappa shape index (κ2) is 8.04. The van der Waals surface area contributed by atoms with E-state index in [0.29, 0.717) is 12.0 Å². The van der Waals surface area contributed by atoms with Crippen LogP contribution in [-0.2, 0) is 9.47 Å². The van der Waals surface area contributed by atoms with Crippen LogP contribution in [-0.4, -0.2) is 39.0 Å². The largest absolute Gasteiger partial charge is 0.378 e. The lowest BCUT2D eigenvalue weighted by Gasteiger charge is -2.16. The zero-order valence-corrected chi connectivity index (χ0v) is 11.0. The maximum absolute atomic E-state index is 5.67. The Kier molecular flexibility index (Phi) is 7.01. The van der Waals surface area contributed by atoms with Gasteiger partial charge in [-0.1, -0.05) is 20.8 Å². The number of hydrogen-bond acceptors (Lipinski definition) is 3. The van der Waals surface area contributed by atoms with Crippen LogP contribution in [0.5, 0.6) is 0 Å². The van der Waals surface area contributed by atoms with Crippen LogP contribution in [0.4, 0.5) is 0 Å². The molecule has 1 aliphatic rings. The molecule has 0 amide bonds. The van der Waals surface area contributed by atoms with Crippen LogP contribution in [0.25, 0.3) is 0 Å². The van der Waals surface area contributed by atoms with Crippen LogP contribution in [0.15, 0.2) is 0 Å². The third-order valence-electron chi connectivity index (χ3n) is 2.78. The molecule has 1 saturated heterocycles. The lowest BCUT2D eigenvalue weighted by Crippen LogP contribution is -2.28. The van der Waals surface area contributed by atoms with Gasteiger partial charge in [-0.05, 0) is 37.8 Å². The Morgan fingerprint density at radius 3 is 2.75 bits per heavy atom. The Morgan fingerprint density at radius 1 is 1.31 bits per heavy atom. The summed E-state index contributed by atoms with van der Waals surface area (Å²) in [4.78, 5) is 0. The van der Waals surface area contributed by atoms with Crippen molar-refractivity contribution in [3.8, 4) is 0 Å². The van der Waals surface area contributed by atoms with Gasteiger partial charge in [-0.2, -0.15) is 0 Å². The molecule has 0 radical (unpaired) electrons. The van der Waals surface area contributed by atoms with Gasteiger partial charge in [-0.25, -0.2) is 0 Å². The van der Waals surface area contributed by atoms with Crippen LogP contribution in [0.2, 0.25) is 0 Å². The molecular weight excluding hydrogens is 202 g/mol. The summed E-state index contributed by atoms with van der Waals surface area (Å²) in [5, 5.41) is 3.45. The first-order chi connectivity index (χ1) is 7.68. The Balaban J connectivity index is 1.91. The monoisotopic (exact) mass is 229 g/mol. The van der Waals surface area contributed by atoms with Crippen LogP contribution < -0.4 is 5.32 Å². The molecule has 3 nitrogen and oxygen atoms in total. The molecule has 0 spiro atoms. The van der Waals surface area contributed by atoms with Crippen LogP contribution in [0.3, 0.4) is 0 Å². The minimum absolute atomic E-state index is 0.357. The van der Waals surface area contributed by atoms with E-state index in [2.05, 4.69) is 26.1 Å². The fourth-order valence-corrected chi connectivity index (χ4v) is 1.85. The van der Waals surface area contributed by atoms with Crippen molar-refractivity contribution in [1.29, 1.82) is 0 Å². The molecule has 1 N–H and O–H groups in total. The minimum atomic E-state index is 0.357. The van der Waals surface area contributed by atoms with Crippen molar-refractivity contribution < 1.29 is 9.47 Å². The van der Waals surface area contributed by atoms with E-state index in [1.165, 1.54) is 12.8 Å². The van der Waals surface area contributed by atoms with Crippen molar-refractivity contribution in [2.24, 2.45) is 11.8 Å². The molecule has 16 heavy (non-hydrogen) atoms. The predicted molar refractivity (Wildman–Crippen MR) is 66.7 cm³/mol. The summed E-state index contributed by atoms with van der Waals surface area (Å²) in [5.41, 5.74) is 0. The van der Waals surface area contributed by atoms with Crippen LogP contribution in [0.1, 0.15) is 33.6 Å². The summed E-state index contributed by atoms with van der Waals surface area (Å²) in [5.74, 6) is 1.31. The molecule has 0 bridgehead atoms. The highest BCUT2D eigenvalue weighted by atomic mass is 16.5. The van der Waals surface area contributed by atoms with E-state index >= 15 is 0 Å². The number of ether oxygens (including phenoxy) is 2. The summed E-state index contributed by atoms with van der Waals surface area (Å²) in [6.07, 6.45) is 2.72. The fraction of sp³-hybridized carbons (Fsp3) is 1.00. The first-order valence-corrected chi connectivity index (χ1v) is 6.58. The highest BCUT2D eigenvalue weighted by Gasteiger charge is 2.15. The molecule has 1 aliphatic heterocycles. The maximum Gasteiger partial charge on any atom is 0.0809 e. The molecule has 0 aromatic carbocycles. The molecule has 3 heteroatoms. The highest BCUT2D eigenvalue weighted by Crippen LogP contribution is 2.12. The van der Waals surface area contributed by atoms with Gasteiger partial charge in [0.2, 0.25) is 0 Å². The molecule has 0 saturated carbocycles. The molecule has 2 unspecified atom stereocenters. The van der Waals surface area contributed by atoms with Crippen molar-refractivity contribution in [3.05, 3.63) is 0 Å². The zero-order chi connectivity index (χ0) is 11.8. The average molecular weight is 229 g/mol. The van der Waals surface area contributed by atoms with Gasteiger partial charge in [0.15, 0.2) is 0 Å². The third kappa shape index (κ3) is 6.46. The lowest BCUT2D eigenvalue weighted by atomic mass is 10.2. The number of hydrogen-bond donors (Lipinski definition) is 1. The SMILES string of the molecule is CC(C)CNCC(C)COCC1CCCO1. The summed E-state index contributed by atoms with van der Waals surface area (Å²) < 4.78 is 11.2. The van der Waals surface area contributed by atoms with Crippen molar-refractivity contribution >= 4 is 0 Å². The van der Waals surface area contributed by atoms with Gasteiger partial charge in [0.25, 0.3) is 0 Å². The van der Waals surface area contributed by atoms with E-state index in [1.807, 2.05) is 0 Å². The van der Waals surface area contributed by atoms with E-state index in [9.17, 15) is 0 Å². The van der Waals surface area contributed by atoms with Gasteiger partial charge in [0.05, 0.1) is 19.3 Å². The lowest BCUT2D eigenvalue weighted by molar-refractivity contribution is 0.00717. The van der Waals surface area contributed by atoms with Gasteiger partial charge in [0, 0.05) is 6.61 Å². The Bertz CT molecular complexity index is 167. The Morgan fingerprint density at radius 2 is 2.12 bits per heavy atom. The molecule has 0 aliphatic carbocycles. The van der Waals surface area contributed by atoms with Gasteiger partial charge in [-0.3, -0.25) is 0 Å². The van der Waals surface area contributed by atoms with Crippen LogP contribution in [0, 0.1) is 11.8 Å². The molecule has 1 fully saturated rings. The van der Waals surface area contributed by atoms with Crippen LogP contribution >= 0.6 is 0 Å². The second-order valence-electron chi connectivity index (χ2n) is 5.33. The Labute approximate surface area is 99.9 Å². The topological polar surface area (TPSA) is 30.5 Å². The van der Waals surface area contributed by atoms with Gasteiger partial charge >= 0.3 is 0 Å². The summed E-state index contributed by atoms with van der Waals surface area (Å²) in [6, 6.07) is 0. The van der Waals surface area contributed by atoms with Crippen molar-refractivity contribution in [2.75, 3.05) is 32.9 Å². The molecule has 2 atom stereocenters. The molecule has 0 aromatic rings. The summed E-state index contributed by atoms with van der Waals surface area (Å²) in [6.45, 7) is 11.3. The number of rotatable bonds is 8. The van der Waals surface area contributed by atoms with Gasteiger partial charge < -0.3 is 14.8 Å². The first-order valence-electron chi connectivity index (χ1n) is 6.58. The highest BCUT2D eigenvalue weighted by molar-refractivity contribution is 4.64. The molecule has 96 valence electrons. The summed E-state index contributed by atoms with van der Waals surface area (Å²) in [7, 11) is 0. The molecular formula is C13H27NO2. The van der Waals surface area contributed by atoms with E-state index in [1.54, 1.807) is 0 Å². The maximum atomic E-state index is 5.67. The van der Waals surface area contributed by atoms with Crippen molar-refractivity contribution in [1.82, 2.24) is 5.32 Å². The van der Waals surface area contributed by atoms with Gasteiger partial charge in [0.1, 0.15) is 0 Å². The second-order valence-corrected chi connectivity index (χ2v) is 5.33.